The van der Waals surface area contributed by atoms with Crippen molar-refractivity contribution in [1.82, 2.24) is 10.2 Å². The zero-order chi connectivity index (χ0) is 13.0. The summed E-state index contributed by atoms with van der Waals surface area (Å²) in [6.45, 7) is 7.51. The quantitative estimate of drug-likeness (QED) is 0.924. The molecule has 0 bridgehead atoms. The van der Waals surface area contributed by atoms with Crippen LogP contribution in [0.15, 0.2) is 16.6 Å². The van der Waals surface area contributed by atoms with Gasteiger partial charge >= 0.3 is 0 Å². The van der Waals surface area contributed by atoms with E-state index in [4.69, 9.17) is 4.74 Å². The maximum Gasteiger partial charge on any atom is 0.126 e. The maximum absolute atomic E-state index is 5.60. The second kappa shape index (κ2) is 6.55. The van der Waals surface area contributed by atoms with Crippen LogP contribution in [0.25, 0.3) is 0 Å². The van der Waals surface area contributed by atoms with Crippen molar-refractivity contribution >= 4 is 15.9 Å². The third kappa shape index (κ3) is 3.25. The van der Waals surface area contributed by atoms with Crippen molar-refractivity contribution in [2.45, 2.75) is 19.9 Å². The van der Waals surface area contributed by atoms with Gasteiger partial charge in [0.25, 0.3) is 0 Å². The van der Waals surface area contributed by atoms with Crippen LogP contribution < -0.4 is 10.1 Å². The first-order chi connectivity index (χ1) is 8.74. The zero-order valence-corrected chi connectivity index (χ0v) is 12.7. The van der Waals surface area contributed by atoms with Gasteiger partial charge < -0.3 is 10.1 Å². The van der Waals surface area contributed by atoms with Crippen LogP contribution in [0.3, 0.4) is 0 Å². The Morgan fingerprint density at radius 3 is 2.56 bits per heavy atom. The molecule has 0 amide bonds. The molecule has 1 aliphatic rings. The number of hydrogen-bond donors (Lipinski definition) is 1. The number of methoxy groups -OCH3 is 1. The number of rotatable bonds is 4. The van der Waals surface area contributed by atoms with Crippen LogP contribution in [0.5, 0.6) is 5.75 Å². The number of piperazine rings is 1. The summed E-state index contributed by atoms with van der Waals surface area (Å²) in [6, 6.07) is 4.33. The Morgan fingerprint density at radius 2 is 1.94 bits per heavy atom. The molecule has 100 valence electrons. The van der Waals surface area contributed by atoms with E-state index in [1.807, 2.05) is 0 Å². The second-order valence-electron chi connectivity index (χ2n) is 4.64. The van der Waals surface area contributed by atoms with Crippen molar-refractivity contribution in [3.8, 4) is 5.75 Å². The summed E-state index contributed by atoms with van der Waals surface area (Å²) < 4.78 is 6.74. The van der Waals surface area contributed by atoms with Crippen LogP contribution in [0.4, 0.5) is 0 Å². The smallest absolute Gasteiger partial charge is 0.126 e. The lowest BCUT2D eigenvalue weighted by Crippen LogP contribution is -2.42. The van der Waals surface area contributed by atoms with E-state index < -0.39 is 0 Å². The first-order valence-corrected chi connectivity index (χ1v) is 7.32. The van der Waals surface area contributed by atoms with E-state index in [1.54, 1.807) is 7.11 Å². The molecule has 2 rings (SSSR count). The minimum atomic E-state index is 0.970. The average molecular weight is 313 g/mol. The molecule has 0 saturated carbocycles. The van der Waals surface area contributed by atoms with E-state index in [0.29, 0.717) is 0 Å². The van der Waals surface area contributed by atoms with Crippen LogP contribution in [-0.2, 0) is 13.0 Å². The fraction of sp³-hybridized carbons (Fsp3) is 0.571. The SMILES string of the molecule is CCc1cc(Br)cc(CN2CCNCC2)c1OC. The number of nitrogens with zero attached hydrogens (tertiary/aromatic N) is 1. The Labute approximate surface area is 118 Å². The maximum atomic E-state index is 5.60. The number of hydrogen-bond acceptors (Lipinski definition) is 3. The van der Waals surface area contributed by atoms with E-state index in [1.165, 1.54) is 11.1 Å². The van der Waals surface area contributed by atoms with Gasteiger partial charge in [0.2, 0.25) is 0 Å². The Bertz CT molecular complexity index is 403. The van der Waals surface area contributed by atoms with E-state index >= 15 is 0 Å². The van der Waals surface area contributed by atoms with Crippen molar-refractivity contribution in [1.29, 1.82) is 0 Å². The van der Waals surface area contributed by atoms with Crippen LogP contribution in [0, 0.1) is 0 Å². The van der Waals surface area contributed by atoms with Gasteiger partial charge in [0.15, 0.2) is 0 Å². The highest BCUT2D eigenvalue weighted by Gasteiger charge is 2.15. The van der Waals surface area contributed by atoms with Gasteiger partial charge in [-0.25, -0.2) is 0 Å². The van der Waals surface area contributed by atoms with Gasteiger partial charge in [0, 0.05) is 42.8 Å². The molecule has 1 aromatic carbocycles. The summed E-state index contributed by atoms with van der Waals surface area (Å²) in [5.74, 6) is 1.05. The lowest BCUT2D eigenvalue weighted by Gasteiger charge is -2.28. The molecule has 18 heavy (non-hydrogen) atoms. The molecule has 1 aliphatic heterocycles. The summed E-state index contributed by atoms with van der Waals surface area (Å²) in [5, 5.41) is 3.38. The Balaban J connectivity index is 2.21. The van der Waals surface area contributed by atoms with Gasteiger partial charge in [-0.05, 0) is 24.1 Å². The lowest BCUT2D eigenvalue weighted by molar-refractivity contribution is 0.230. The second-order valence-corrected chi connectivity index (χ2v) is 5.55. The highest BCUT2D eigenvalue weighted by Crippen LogP contribution is 2.30. The monoisotopic (exact) mass is 312 g/mol. The Morgan fingerprint density at radius 1 is 1.28 bits per heavy atom. The largest absolute Gasteiger partial charge is 0.496 e. The van der Waals surface area contributed by atoms with Crippen LogP contribution in [0.2, 0.25) is 0 Å². The fourth-order valence-electron chi connectivity index (χ4n) is 2.46. The molecule has 1 aromatic rings. The van der Waals surface area contributed by atoms with Crippen molar-refractivity contribution in [2.24, 2.45) is 0 Å². The topological polar surface area (TPSA) is 24.5 Å². The van der Waals surface area contributed by atoms with Gasteiger partial charge in [0.1, 0.15) is 5.75 Å². The molecule has 4 heteroatoms. The molecule has 0 unspecified atom stereocenters. The normalized spacial score (nSPS) is 16.8. The van der Waals surface area contributed by atoms with E-state index in [2.05, 4.69) is 45.2 Å². The molecule has 3 nitrogen and oxygen atoms in total. The predicted molar refractivity (Wildman–Crippen MR) is 78.2 cm³/mol. The molecule has 0 aromatic heterocycles. The summed E-state index contributed by atoms with van der Waals surface area (Å²) in [5.41, 5.74) is 2.56. The number of halogens is 1. The molecule has 0 aliphatic carbocycles. The van der Waals surface area contributed by atoms with Crippen molar-refractivity contribution in [3.05, 3.63) is 27.7 Å². The summed E-state index contributed by atoms with van der Waals surface area (Å²) in [4.78, 5) is 2.47. The van der Waals surface area contributed by atoms with Crippen molar-refractivity contribution < 1.29 is 4.74 Å². The third-order valence-electron chi connectivity index (χ3n) is 3.40. The van der Waals surface area contributed by atoms with Crippen LogP contribution in [-0.4, -0.2) is 38.2 Å². The van der Waals surface area contributed by atoms with E-state index in [9.17, 15) is 0 Å². The average Bonchev–Trinajstić information content (AvgIpc) is 2.39. The Hall–Kier alpha value is -0.580. The zero-order valence-electron chi connectivity index (χ0n) is 11.1. The van der Waals surface area contributed by atoms with Gasteiger partial charge in [0.05, 0.1) is 7.11 Å². The summed E-state index contributed by atoms with van der Waals surface area (Å²) in [6.07, 6.45) is 0.997. The van der Waals surface area contributed by atoms with Gasteiger partial charge in [-0.3, -0.25) is 4.90 Å². The Kier molecular flexibility index (Phi) is 5.03. The molecule has 0 spiro atoms. The first kappa shape index (κ1) is 13.8. The number of ether oxygens (including phenoxy) is 1. The van der Waals surface area contributed by atoms with E-state index in [0.717, 1.165) is 49.4 Å². The third-order valence-corrected chi connectivity index (χ3v) is 3.85. The minimum absolute atomic E-state index is 0.970. The molecule has 0 radical (unpaired) electrons. The standard InChI is InChI=1S/C14H21BrN2O/c1-3-11-8-13(15)9-12(14(11)18-2)10-17-6-4-16-5-7-17/h8-9,16H,3-7,10H2,1-2H3. The van der Waals surface area contributed by atoms with Crippen LogP contribution in [0.1, 0.15) is 18.1 Å². The van der Waals surface area contributed by atoms with Gasteiger partial charge in [-0.1, -0.05) is 22.9 Å². The van der Waals surface area contributed by atoms with Gasteiger partial charge in [-0.2, -0.15) is 0 Å². The number of benzene rings is 1. The first-order valence-electron chi connectivity index (χ1n) is 6.53. The molecular formula is C14H21BrN2O. The van der Waals surface area contributed by atoms with Gasteiger partial charge in [-0.15, -0.1) is 0 Å². The molecular weight excluding hydrogens is 292 g/mol. The highest BCUT2D eigenvalue weighted by molar-refractivity contribution is 9.10. The summed E-state index contributed by atoms with van der Waals surface area (Å²) >= 11 is 3.60. The van der Waals surface area contributed by atoms with Crippen molar-refractivity contribution in [3.63, 3.8) is 0 Å². The fourth-order valence-corrected chi connectivity index (χ4v) is 3.02. The van der Waals surface area contributed by atoms with Crippen molar-refractivity contribution in [2.75, 3.05) is 33.3 Å². The predicted octanol–water partition coefficient (Wildman–Crippen LogP) is 2.43. The lowest BCUT2D eigenvalue weighted by atomic mass is 10.1. The summed E-state index contributed by atoms with van der Waals surface area (Å²) in [7, 11) is 1.77. The molecule has 0 atom stereocenters. The van der Waals surface area contributed by atoms with Crippen LogP contribution >= 0.6 is 15.9 Å². The molecule has 1 saturated heterocycles. The highest BCUT2D eigenvalue weighted by atomic mass is 79.9. The number of nitrogens with one attached hydrogen (secondary N) is 1. The number of aryl methyl sites for hydroxylation is 1. The van der Waals surface area contributed by atoms with E-state index in [-0.39, 0.29) is 0 Å². The molecule has 1 heterocycles. The molecule has 1 fully saturated rings. The minimum Gasteiger partial charge on any atom is -0.496 e. The molecule has 1 N–H and O–H groups in total.